The third-order valence-corrected chi connectivity index (χ3v) is 4.03. The van der Waals surface area contributed by atoms with Crippen molar-refractivity contribution in [2.75, 3.05) is 20.3 Å². The highest BCUT2D eigenvalue weighted by molar-refractivity contribution is 7.89. The van der Waals surface area contributed by atoms with Crippen LogP contribution in [0.25, 0.3) is 0 Å². The van der Waals surface area contributed by atoms with Crippen LogP contribution in [0.1, 0.15) is 20.3 Å². The number of hydrogen-bond donors (Lipinski definition) is 2. The molecule has 0 aliphatic rings. The van der Waals surface area contributed by atoms with Crippen molar-refractivity contribution in [2.45, 2.75) is 37.2 Å². The second-order valence-corrected chi connectivity index (χ2v) is 6.62. The third kappa shape index (κ3) is 4.90. The number of aryl methyl sites for hydroxylation is 1. The van der Waals surface area contributed by atoms with Gasteiger partial charge in [0, 0.05) is 26.5 Å². The van der Waals surface area contributed by atoms with Crippen LogP contribution in [0.15, 0.2) is 17.3 Å². The van der Waals surface area contributed by atoms with Gasteiger partial charge in [-0.2, -0.15) is 5.10 Å². The van der Waals surface area contributed by atoms with E-state index in [9.17, 15) is 8.42 Å². The average molecular weight is 291 g/mol. The molecule has 8 heteroatoms. The lowest BCUT2D eigenvalue weighted by molar-refractivity contribution is 0.141. The van der Waals surface area contributed by atoms with Crippen molar-refractivity contribution in [1.29, 1.82) is 0 Å². The summed E-state index contributed by atoms with van der Waals surface area (Å²) in [4.78, 5) is 0.106. The van der Waals surface area contributed by atoms with Crippen molar-refractivity contribution in [3.05, 3.63) is 12.4 Å². The number of aliphatic hydroxyl groups excluding tert-OH is 1. The summed E-state index contributed by atoms with van der Waals surface area (Å²) in [5.41, 5.74) is -0.694. The lowest BCUT2D eigenvalue weighted by atomic mass is 10.1. The van der Waals surface area contributed by atoms with Gasteiger partial charge in [-0.15, -0.1) is 0 Å². The van der Waals surface area contributed by atoms with Crippen LogP contribution >= 0.6 is 0 Å². The van der Waals surface area contributed by atoms with E-state index >= 15 is 0 Å². The fraction of sp³-hybridized carbons (Fsp3) is 0.727. The molecule has 1 heterocycles. The molecule has 0 bridgehead atoms. The van der Waals surface area contributed by atoms with E-state index < -0.39 is 15.6 Å². The fourth-order valence-corrected chi connectivity index (χ4v) is 3.00. The molecule has 0 atom stereocenters. The van der Waals surface area contributed by atoms with Gasteiger partial charge in [-0.25, -0.2) is 13.1 Å². The molecular formula is C11H21N3O4S. The first kappa shape index (κ1) is 16.1. The zero-order chi connectivity index (χ0) is 14.5. The lowest BCUT2D eigenvalue weighted by Gasteiger charge is -2.24. The second-order valence-electron chi connectivity index (χ2n) is 4.94. The molecule has 1 rings (SSSR count). The summed E-state index contributed by atoms with van der Waals surface area (Å²) in [5, 5.41) is 12.7. The Morgan fingerprint density at radius 2 is 2.21 bits per heavy atom. The zero-order valence-electron chi connectivity index (χ0n) is 11.5. The van der Waals surface area contributed by atoms with E-state index in [1.54, 1.807) is 13.8 Å². The Morgan fingerprint density at radius 1 is 1.53 bits per heavy atom. The predicted molar refractivity (Wildman–Crippen MR) is 70.2 cm³/mol. The van der Waals surface area contributed by atoms with Crippen molar-refractivity contribution < 1.29 is 18.3 Å². The van der Waals surface area contributed by atoms with Gasteiger partial charge >= 0.3 is 0 Å². The van der Waals surface area contributed by atoms with E-state index in [2.05, 4.69) is 9.82 Å². The summed E-state index contributed by atoms with van der Waals surface area (Å²) < 4.78 is 33.3. The number of hydrogen-bond acceptors (Lipinski definition) is 5. The number of nitrogens with zero attached hydrogens (tertiary/aromatic N) is 2. The molecule has 110 valence electrons. The van der Waals surface area contributed by atoms with Crippen molar-refractivity contribution in [3.63, 3.8) is 0 Å². The number of nitrogens with one attached hydrogen (secondary N) is 1. The third-order valence-electron chi connectivity index (χ3n) is 2.38. The molecular weight excluding hydrogens is 270 g/mol. The van der Waals surface area contributed by atoms with E-state index in [-0.39, 0.29) is 18.1 Å². The highest BCUT2D eigenvalue weighted by Crippen LogP contribution is 2.12. The maximum atomic E-state index is 12.1. The summed E-state index contributed by atoms with van der Waals surface area (Å²) in [6.45, 7) is 4.27. The molecule has 0 spiro atoms. The van der Waals surface area contributed by atoms with E-state index in [0.29, 0.717) is 13.0 Å². The van der Waals surface area contributed by atoms with Gasteiger partial charge in [0.1, 0.15) is 4.90 Å². The standard InChI is InChI=1S/C11H21N3O4S/c1-11(2,9-18-3)13-19(16,17)10-7-12-14(8-10)5-4-6-15/h7-8,13,15H,4-6,9H2,1-3H3. The zero-order valence-corrected chi connectivity index (χ0v) is 12.3. The summed E-state index contributed by atoms with van der Waals surface area (Å²) in [6, 6.07) is 0. The number of ether oxygens (including phenoxy) is 1. The molecule has 0 saturated carbocycles. The van der Waals surface area contributed by atoms with Crippen molar-refractivity contribution in [2.24, 2.45) is 0 Å². The van der Waals surface area contributed by atoms with E-state index in [4.69, 9.17) is 9.84 Å². The van der Waals surface area contributed by atoms with Gasteiger partial charge in [-0.1, -0.05) is 0 Å². The Hall–Kier alpha value is -0.960. The van der Waals surface area contributed by atoms with Crippen LogP contribution in [0.5, 0.6) is 0 Å². The lowest BCUT2D eigenvalue weighted by Crippen LogP contribution is -2.46. The Balaban J connectivity index is 2.80. The molecule has 0 aliphatic heterocycles. The van der Waals surface area contributed by atoms with Crippen LogP contribution in [-0.4, -0.2) is 49.2 Å². The van der Waals surface area contributed by atoms with Gasteiger partial charge in [0.2, 0.25) is 10.0 Å². The van der Waals surface area contributed by atoms with Crippen LogP contribution in [0.4, 0.5) is 0 Å². The van der Waals surface area contributed by atoms with Gasteiger partial charge in [-0.05, 0) is 20.3 Å². The number of rotatable bonds is 8. The predicted octanol–water partition coefficient (Wildman–Crippen LogP) is -0.0312. The van der Waals surface area contributed by atoms with Gasteiger partial charge in [-0.3, -0.25) is 4.68 Å². The first-order valence-corrected chi connectivity index (χ1v) is 7.45. The number of methoxy groups -OCH3 is 1. The molecule has 0 aromatic carbocycles. The van der Waals surface area contributed by atoms with Crippen LogP contribution in [0, 0.1) is 0 Å². The summed E-state index contributed by atoms with van der Waals surface area (Å²) >= 11 is 0. The maximum Gasteiger partial charge on any atom is 0.244 e. The van der Waals surface area contributed by atoms with Gasteiger partial charge in [0.15, 0.2) is 0 Å². The van der Waals surface area contributed by atoms with E-state index in [1.165, 1.54) is 24.2 Å². The smallest absolute Gasteiger partial charge is 0.244 e. The van der Waals surface area contributed by atoms with Crippen molar-refractivity contribution in [3.8, 4) is 0 Å². The van der Waals surface area contributed by atoms with Gasteiger partial charge in [0.25, 0.3) is 0 Å². The number of sulfonamides is 1. The van der Waals surface area contributed by atoms with Crippen LogP contribution in [-0.2, 0) is 21.3 Å². The molecule has 0 fully saturated rings. The molecule has 1 aromatic heterocycles. The summed E-state index contributed by atoms with van der Waals surface area (Å²) in [7, 11) is -2.10. The number of aromatic nitrogens is 2. The highest BCUT2D eigenvalue weighted by atomic mass is 32.2. The Bertz CT molecular complexity index is 496. The van der Waals surface area contributed by atoms with E-state index in [1.807, 2.05) is 0 Å². The Kier molecular flexibility index (Phi) is 5.48. The molecule has 2 N–H and O–H groups in total. The molecule has 0 amide bonds. The quantitative estimate of drug-likeness (QED) is 0.701. The molecule has 7 nitrogen and oxygen atoms in total. The van der Waals surface area contributed by atoms with Crippen molar-refractivity contribution >= 4 is 10.0 Å². The van der Waals surface area contributed by atoms with Crippen LogP contribution in [0.3, 0.4) is 0 Å². The minimum Gasteiger partial charge on any atom is -0.396 e. The topological polar surface area (TPSA) is 93.5 Å². The van der Waals surface area contributed by atoms with Crippen molar-refractivity contribution in [1.82, 2.24) is 14.5 Å². The van der Waals surface area contributed by atoms with Gasteiger partial charge < -0.3 is 9.84 Å². The molecule has 19 heavy (non-hydrogen) atoms. The van der Waals surface area contributed by atoms with Crippen LogP contribution in [0.2, 0.25) is 0 Å². The average Bonchev–Trinajstić information content (AvgIpc) is 2.73. The normalized spacial score (nSPS) is 12.8. The SMILES string of the molecule is COCC(C)(C)NS(=O)(=O)c1cnn(CCCO)c1. The molecule has 1 aromatic rings. The maximum absolute atomic E-state index is 12.1. The monoisotopic (exact) mass is 291 g/mol. The Morgan fingerprint density at radius 3 is 2.79 bits per heavy atom. The fourth-order valence-electron chi connectivity index (χ4n) is 1.65. The Labute approximate surface area is 113 Å². The first-order valence-electron chi connectivity index (χ1n) is 5.97. The summed E-state index contributed by atoms with van der Waals surface area (Å²) in [5.74, 6) is 0. The first-order chi connectivity index (χ1) is 8.80. The minimum atomic E-state index is -3.62. The van der Waals surface area contributed by atoms with E-state index in [0.717, 1.165) is 0 Å². The largest absolute Gasteiger partial charge is 0.396 e. The van der Waals surface area contributed by atoms with Gasteiger partial charge in [0.05, 0.1) is 18.3 Å². The number of aliphatic hydroxyl groups is 1. The summed E-state index contributed by atoms with van der Waals surface area (Å²) in [6.07, 6.45) is 3.27. The molecule has 0 aliphatic carbocycles. The van der Waals surface area contributed by atoms with Crippen LogP contribution < -0.4 is 4.72 Å². The highest BCUT2D eigenvalue weighted by Gasteiger charge is 2.27. The molecule has 0 saturated heterocycles. The molecule has 0 radical (unpaired) electrons. The minimum absolute atomic E-state index is 0.0427. The molecule has 0 unspecified atom stereocenters. The second kappa shape index (κ2) is 6.47.